The Kier molecular flexibility index (Phi) is 11.1. The molecule has 0 spiro atoms. The molecule has 10 heteroatoms. The molecule has 0 aliphatic heterocycles. The Morgan fingerprint density at radius 1 is 1.28 bits per heavy atom. The Morgan fingerprint density at radius 2 is 1.96 bits per heavy atom. The molecule has 0 aliphatic carbocycles. The zero-order chi connectivity index (χ0) is 18.2. The van der Waals surface area contributed by atoms with Gasteiger partial charge in [-0.2, -0.15) is 0 Å². The van der Waals surface area contributed by atoms with Crippen molar-refractivity contribution in [2.24, 2.45) is 4.99 Å². The first-order valence-electron chi connectivity index (χ1n) is 7.61. The van der Waals surface area contributed by atoms with Gasteiger partial charge < -0.3 is 10.6 Å². The number of nitrogens with one attached hydrogen (secondary N) is 2. The average molecular weight is 490 g/mol. The van der Waals surface area contributed by atoms with Gasteiger partial charge in [0.15, 0.2) is 5.96 Å². The molecule has 0 bridgehead atoms. The Labute approximate surface area is 165 Å². The molecule has 0 heterocycles. The van der Waals surface area contributed by atoms with E-state index >= 15 is 0 Å². The summed E-state index contributed by atoms with van der Waals surface area (Å²) in [5, 5.41) is 5.89. The van der Waals surface area contributed by atoms with Crippen LogP contribution in [0.15, 0.2) is 23.2 Å². The van der Waals surface area contributed by atoms with Crippen LogP contribution in [0.25, 0.3) is 0 Å². The SMILES string of the molecule is CCN(CCCNC(=NC)NCc1cc(F)ccc1F)S(C)(=O)=O.I. The quantitative estimate of drug-likeness (QED) is 0.253. The summed E-state index contributed by atoms with van der Waals surface area (Å²) in [6.45, 7) is 3.19. The molecule has 0 aromatic heterocycles. The fraction of sp³-hybridized carbons (Fsp3) is 0.533. The first kappa shape index (κ1) is 24.0. The maximum atomic E-state index is 13.5. The van der Waals surface area contributed by atoms with E-state index in [1.807, 2.05) is 0 Å². The van der Waals surface area contributed by atoms with Crippen molar-refractivity contribution in [1.82, 2.24) is 14.9 Å². The first-order chi connectivity index (χ1) is 11.3. The van der Waals surface area contributed by atoms with E-state index in [-0.39, 0.29) is 36.1 Å². The molecule has 0 aliphatic rings. The van der Waals surface area contributed by atoms with Crippen molar-refractivity contribution >= 4 is 40.0 Å². The number of halogens is 3. The summed E-state index contributed by atoms with van der Waals surface area (Å²) in [7, 11) is -1.63. The molecule has 0 atom stereocenters. The summed E-state index contributed by atoms with van der Waals surface area (Å²) < 4.78 is 51.0. The van der Waals surface area contributed by atoms with E-state index in [4.69, 9.17) is 0 Å². The lowest BCUT2D eigenvalue weighted by atomic mass is 10.2. The third-order valence-corrected chi connectivity index (χ3v) is 4.75. The average Bonchev–Trinajstić information content (AvgIpc) is 2.52. The lowest BCUT2D eigenvalue weighted by molar-refractivity contribution is 0.424. The van der Waals surface area contributed by atoms with Crippen molar-refractivity contribution in [3.8, 4) is 0 Å². The van der Waals surface area contributed by atoms with Gasteiger partial charge in [-0.1, -0.05) is 6.92 Å². The minimum Gasteiger partial charge on any atom is -0.356 e. The van der Waals surface area contributed by atoms with Gasteiger partial charge in [0, 0.05) is 38.8 Å². The molecule has 25 heavy (non-hydrogen) atoms. The number of guanidine groups is 1. The van der Waals surface area contributed by atoms with Crippen molar-refractivity contribution in [3.05, 3.63) is 35.4 Å². The summed E-state index contributed by atoms with van der Waals surface area (Å²) in [6.07, 6.45) is 1.77. The van der Waals surface area contributed by atoms with Crippen LogP contribution in [0.5, 0.6) is 0 Å². The molecule has 0 saturated carbocycles. The number of hydrogen-bond acceptors (Lipinski definition) is 3. The number of hydrogen-bond donors (Lipinski definition) is 2. The van der Waals surface area contributed by atoms with Crippen LogP contribution in [-0.4, -0.2) is 51.6 Å². The van der Waals surface area contributed by atoms with E-state index in [1.165, 1.54) is 10.6 Å². The molecule has 0 saturated heterocycles. The zero-order valence-electron chi connectivity index (χ0n) is 14.6. The number of sulfonamides is 1. The molecule has 1 rings (SSSR count). The predicted octanol–water partition coefficient (Wildman–Crippen LogP) is 1.92. The van der Waals surface area contributed by atoms with Gasteiger partial charge in [-0.15, -0.1) is 24.0 Å². The Balaban J connectivity index is 0.00000576. The van der Waals surface area contributed by atoms with Gasteiger partial charge in [-0.05, 0) is 24.6 Å². The van der Waals surface area contributed by atoms with E-state index in [0.29, 0.717) is 32.0 Å². The van der Waals surface area contributed by atoms with Crippen molar-refractivity contribution in [2.45, 2.75) is 19.9 Å². The van der Waals surface area contributed by atoms with Gasteiger partial charge in [0.2, 0.25) is 10.0 Å². The highest BCUT2D eigenvalue weighted by molar-refractivity contribution is 14.0. The monoisotopic (exact) mass is 490 g/mol. The standard InChI is InChI=1S/C15H24F2N4O2S.HI/c1-4-21(24(3,22)23)9-5-8-19-15(18-2)20-11-12-10-13(16)6-7-14(12)17;/h6-7,10H,4-5,8-9,11H2,1-3H3,(H2,18,19,20);1H. The molecular formula is C15H25F2IN4O2S. The fourth-order valence-corrected chi connectivity index (χ4v) is 3.03. The normalized spacial score (nSPS) is 12.0. The maximum Gasteiger partial charge on any atom is 0.211 e. The van der Waals surface area contributed by atoms with Crippen LogP contribution in [0.4, 0.5) is 8.78 Å². The first-order valence-corrected chi connectivity index (χ1v) is 9.46. The second-order valence-corrected chi connectivity index (χ2v) is 7.18. The molecule has 1 aromatic rings. The minimum absolute atomic E-state index is 0. The van der Waals surface area contributed by atoms with Crippen molar-refractivity contribution in [1.29, 1.82) is 0 Å². The maximum absolute atomic E-state index is 13.5. The van der Waals surface area contributed by atoms with Crippen LogP contribution in [0.2, 0.25) is 0 Å². The molecule has 144 valence electrons. The van der Waals surface area contributed by atoms with E-state index in [0.717, 1.165) is 18.2 Å². The molecule has 1 aromatic carbocycles. The van der Waals surface area contributed by atoms with Crippen molar-refractivity contribution in [3.63, 3.8) is 0 Å². The number of rotatable bonds is 8. The summed E-state index contributed by atoms with van der Waals surface area (Å²) >= 11 is 0. The Bertz CT molecular complexity index is 671. The number of benzene rings is 1. The van der Waals surface area contributed by atoms with Crippen LogP contribution >= 0.6 is 24.0 Å². The van der Waals surface area contributed by atoms with E-state index in [2.05, 4.69) is 15.6 Å². The molecule has 0 unspecified atom stereocenters. The molecule has 2 N–H and O–H groups in total. The van der Waals surface area contributed by atoms with Gasteiger partial charge in [0.05, 0.1) is 6.26 Å². The summed E-state index contributed by atoms with van der Waals surface area (Å²) in [5.41, 5.74) is 0.201. The Morgan fingerprint density at radius 3 is 2.52 bits per heavy atom. The highest BCUT2D eigenvalue weighted by Crippen LogP contribution is 2.09. The third-order valence-electron chi connectivity index (χ3n) is 3.38. The van der Waals surface area contributed by atoms with Gasteiger partial charge in [-0.3, -0.25) is 4.99 Å². The molecule has 0 amide bonds. The van der Waals surface area contributed by atoms with E-state index in [9.17, 15) is 17.2 Å². The summed E-state index contributed by atoms with van der Waals surface area (Å²) in [4.78, 5) is 3.99. The lowest BCUT2D eigenvalue weighted by Crippen LogP contribution is -2.39. The Hall–Kier alpha value is -1.01. The minimum atomic E-state index is -3.19. The lowest BCUT2D eigenvalue weighted by Gasteiger charge is -2.18. The second-order valence-electron chi connectivity index (χ2n) is 5.20. The molecular weight excluding hydrogens is 465 g/mol. The highest BCUT2D eigenvalue weighted by Gasteiger charge is 2.13. The second kappa shape index (κ2) is 11.6. The van der Waals surface area contributed by atoms with Crippen LogP contribution in [0.1, 0.15) is 18.9 Å². The topological polar surface area (TPSA) is 73.8 Å². The van der Waals surface area contributed by atoms with Crippen molar-refractivity contribution < 1.29 is 17.2 Å². The zero-order valence-corrected chi connectivity index (χ0v) is 17.7. The van der Waals surface area contributed by atoms with E-state index in [1.54, 1.807) is 14.0 Å². The third kappa shape index (κ3) is 8.77. The molecule has 0 fully saturated rings. The van der Waals surface area contributed by atoms with Gasteiger partial charge >= 0.3 is 0 Å². The molecule has 6 nitrogen and oxygen atoms in total. The van der Waals surface area contributed by atoms with Gasteiger partial charge in [-0.25, -0.2) is 21.5 Å². The molecule has 0 radical (unpaired) electrons. The van der Waals surface area contributed by atoms with Crippen LogP contribution in [-0.2, 0) is 16.6 Å². The summed E-state index contributed by atoms with van der Waals surface area (Å²) in [6, 6.07) is 3.26. The van der Waals surface area contributed by atoms with E-state index < -0.39 is 21.7 Å². The number of nitrogens with zero attached hydrogens (tertiary/aromatic N) is 2. The van der Waals surface area contributed by atoms with Crippen molar-refractivity contribution in [2.75, 3.05) is 32.9 Å². The van der Waals surface area contributed by atoms with Gasteiger partial charge in [0.1, 0.15) is 11.6 Å². The smallest absolute Gasteiger partial charge is 0.211 e. The highest BCUT2D eigenvalue weighted by atomic mass is 127. The largest absolute Gasteiger partial charge is 0.356 e. The van der Waals surface area contributed by atoms with Gasteiger partial charge in [0.25, 0.3) is 0 Å². The number of aliphatic imine (C=N–C) groups is 1. The fourth-order valence-electron chi connectivity index (χ4n) is 2.10. The predicted molar refractivity (Wildman–Crippen MR) is 107 cm³/mol. The van der Waals surface area contributed by atoms with Crippen LogP contribution in [0.3, 0.4) is 0 Å². The summed E-state index contributed by atoms with van der Waals surface area (Å²) in [5.74, 6) is -0.566. The van der Waals surface area contributed by atoms with Crippen LogP contribution in [0, 0.1) is 11.6 Å². The van der Waals surface area contributed by atoms with Crippen LogP contribution < -0.4 is 10.6 Å².